The van der Waals surface area contributed by atoms with Crippen molar-refractivity contribution < 1.29 is 8.83 Å². The molecular weight excluding hydrogens is 454 g/mol. The van der Waals surface area contributed by atoms with Crippen molar-refractivity contribution in [2.45, 2.75) is 5.41 Å². The molecule has 0 saturated heterocycles. The summed E-state index contributed by atoms with van der Waals surface area (Å²) in [4.78, 5) is 4.89. The first-order valence-electron chi connectivity index (χ1n) is 12.6. The van der Waals surface area contributed by atoms with Crippen molar-refractivity contribution in [2.75, 3.05) is 0 Å². The van der Waals surface area contributed by atoms with Crippen molar-refractivity contribution in [3.05, 3.63) is 138 Å². The number of nitrogens with zero attached hydrogens (tertiary/aromatic N) is 1. The van der Waals surface area contributed by atoms with Crippen molar-refractivity contribution in [2.24, 2.45) is 0 Å². The predicted octanol–water partition coefficient (Wildman–Crippen LogP) is 8.58. The molecule has 3 nitrogen and oxygen atoms in total. The molecule has 3 heteroatoms. The van der Waals surface area contributed by atoms with Crippen LogP contribution in [0.15, 0.2) is 124 Å². The lowest BCUT2D eigenvalue weighted by atomic mass is 9.70. The van der Waals surface area contributed by atoms with Gasteiger partial charge in [0.1, 0.15) is 16.9 Å². The molecular formula is C34H19NO2. The van der Waals surface area contributed by atoms with Crippen LogP contribution in [-0.2, 0) is 5.41 Å². The highest BCUT2D eigenvalue weighted by atomic mass is 16.3. The number of rotatable bonds is 1. The highest BCUT2D eigenvalue weighted by Crippen LogP contribution is 2.65. The van der Waals surface area contributed by atoms with E-state index in [4.69, 9.17) is 13.8 Å². The van der Waals surface area contributed by atoms with E-state index in [0.717, 1.165) is 39.0 Å². The van der Waals surface area contributed by atoms with Gasteiger partial charge < -0.3 is 8.83 Å². The zero-order chi connectivity index (χ0) is 24.1. The molecule has 9 rings (SSSR count). The first-order chi connectivity index (χ1) is 18.4. The summed E-state index contributed by atoms with van der Waals surface area (Å²) in [6.45, 7) is 0. The van der Waals surface area contributed by atoms with Crippen LogP contribution in [0.3, 0.4) is 0 Å². The lowest BCUT2D eigenvalue weighted by Gasteiger charge is -2.29. The van der Waals surface area contributed by atoms with E-state index in [1.165, 1.54) is 33.4 Å². The first kappa shape index (κ1) is 19.3. The maximum atomic E-state index is 6.58. The second-order valence-corrected chi connectivity index (χ2v) is 9.86. The summed E-state index contributed by atoms with van der Waals surface area (Å²) >= 11 is 0. The van der Waals surface area contributed by atoms with Gasteiger partial charge in [-0.2, -0.15) is 0 Å². The van der Waals surface area contributed by atoms with Crippen molar-refractivity contribution in [1.29, 1.82) is 0 Å². The Bertz CT molecular complexity index is 2030. The SMILES string of the molecule is c1ccc2c(c1)-c1oc3ccccc3c1C21c2ccccc2-c2c(-c3nc4ccccc4o3)cccc21. The van der Waals surface area contributed by atoms with E-state index in [2.05, 4.69) is 84.9 Å². The van der Waals surface area contributed by atoms with E-state index >= 15 is 0 Å². The van der Waals surface area contributed by atoms with Crippen LogP contribution in [0.25, 0.3) is 56.0 Å². The van der Waals surface area contributed by atoms with Gasteiger partial charge in [-0.05, 0) is 52.1 Å². The Kier molecular flexibility index (Phi) is 3.47. The third-order valence-electron chi connectivity index (χ3n) is 8.14. The van der Waals surface area contributed by atoms with Gasteiger partial charge in [0.05, 0.1) is 5.41 Å². The van der Waals surface area contributed by atoms with E-state index in [-0.39, 0.29) is 0 Å². The summed E-state index contributed by atoms with van der Waals surface area (Å²) in [6, 6.07) is 40.4. The maximum Gasteiger partial charge on any atom is 0.227 e. The third kappa shape index (κ3) is 2.21. The van der Waals surface area contributed by atoms with Crippen LogP contribution in [0.2, 0.25) is 0 Å². The Hall–Kier alpha value is -4.89. The minimum atomic E-state index is -0.480. The largest absolute Gasteiger partial charge is 0.456 e. The molecule has 0 bridgehead atoms. The molecule has 0 aliphatic heterocycles. The molecule has 0 N–H and O–H groups in total. The molecule has 7 aromatic rings. The van der Waals surface area contributed by atoms with Crippen LogP contribution in [-0.4, -0.2) is 4.98 Å². The Morgan fingerprint density at radius 3 is 2.03 bits per heavy atom. The zero-order valence-electron chi connectivity index (χ0n) is 19.7. The monoisotopic (exact) mass is 473 g/mol. The average molecular weight is 474 g/mol. The molecule has 1 unspecified atom stereocenters. The third-order valence-corrected chi connectivity index (χ3v) is 8.14. The molecule has 5 aromatic carbocycles. The molecule has 37 heavy (non-hydrogen) atoms. The number of para-hydroxylation sites is 3. The van der Waals surface area contributed by atoms with Gasteiger partial charge in [0, 0.05) is 22.1 Å². The van der Waals surface area contributed by atoms with E-state index in [1.54, 1.807) is 0 Å². The van der Waals surface area contributed by atoms with E-state index in [1.807, 2.05) is 30.3 Å². The van der Waals surface area contributed by atoms with Gasteiger partial charge in [-0.15, -0.1) is 0 Å². The van der Waals surface area contributed by atoms with Gasteiger partial charge in [-0.1, -0.05) is 91.0 Å². The predicted molar refractivity (Wildman–Crippen MR) is 146 cm³/mol. The summed E-state index contributed by atoms with van der Waals surface area (Å²) in [5, 5.41) is 1.16. The summed E-state index contributed by atoms with van der Waals surface area (Å²) in [6.07, 6.45) is 0. The molecule has 1 spiro atoms. The fraction of sp³-hybridized carbons (Fsp3) is 0.0294. The second-order valence-electron chi connectivity index (χ2n) is 9.86. The summed E-state index contributed by atoms with van der Waals surface area (Å²) in [5.41, 5.74) is 11.7. The fourth-order valence-electron chi connectivity index (χ4n) is 6.80. The molecule has 0 saturated carbocycles. The molecule has 172 valence electrons. The van der Waals surface area contributed by atoms with Crippen LogP contribution in [0.5, 0.6) is 0 Å². The molecule has 0 amide bonds. The van der Waals surface area contributed by atoms with Gasteiger partial charge in [0.25, 0.3) is 0 Å². The van der Waals surface area contributed by atoms with Gasteiger partial charge in [-0.25, -0.2) is 4.98 Å². The van der Waals surface area contributed by atoms with E-state index in [0.29, 0.717) is 5.89 Å². The van der Waals surface area contributed by atoms with Crippen LogP contribution < -0.4 is 0 Å². The Balaban J connectivity index is 1.47. The van der Waals surface area contributed by atoms with Crippen molar-refractivity contribution in [1.82, 2.24) is 4.98 Å². The molecule has 2 heterocycles. The van der Waals surface area contributed by atoms with Gasteiger partial charge in [0.15, 0.2) is 5.58 Å². The maximum absolute atomic E-state index is 6.58. The number of benzene rings is 5. The minimum absolute atomic E-state index is 0.480. The van der Waals surface area contributed by atoms with Gasteiger partial charge >= 0.3 is 0 Å². The van der Waals surface area contributed by atoms with Gasteiger partial charge in [0.2, 0.25) is 5.89 Å². The van der Waals surface area contributed by atoms with Crippen molar-refractivity contribution >= 4 is 22.1 Å². The van der Waals surface area contributed by atoms with E-state index in [9.17, 15) is 0 Å². The zero-order valence-corrected chi connectivity index (χ0v) is 19.7. The van der Waals surface area contributed by atoms with Crippen molar-refractivity contribution in [3.8, 4) is 33.9 Å². The lowest BCUT2D eigenvalue weighted by Crippen LogP contribution is -2.25. The van der Waals surface area contributed by atoms with Crippen LogP contribution in [0, 0.1) is 0 Å². The standard InChI is InChI=1S/C34H19NO2/c1-4-14-24-20(10-1)30-23(33-35-27-17-6-8-19-29(27)37-33)13-9-16-26(30)34(24)25-15-5-2-11-21(25)32-31(34)22-12-3-7-18-28(22)36-32/h1-19H. The highest BCUT2D eigenvalue weighted by Gasteiger charge is 2.54. The molecule has 0 fully saturated rings. The molecule has 2 aliphatic carbocycles. The molecule has 0 radical (unpaired) electrons. The summed E-state index contributed by atoms with van der Waals surface area (Å²) in [5.74, 6) is 1.61. The Morgan fingerprint density at radius 1 is 0.514 bits per heavy atom. The number of hydrogen-bond acceptors (Lipinski definition) is 3. The molecule has 2 aromatic heterocycles. The number of oxazole rings is 1. The Morgan fingerprint density at radius 2 is 1.16 bits per heavy atom. The first-order valence-corrected chi connectivity index (χ1v) is 12.6. The smallest absolute Gasteiger partial charge is 0.227 e. The topological polar surface area (TPSA) is 39.2 Å². The number of hydrogen-bond donors (Lipinski definition) is 0. The van der Waals surface area contributed by atoms with Crippen LogP contribution in [0.1, 0.15) is 22.3 Å². The van der Waals surface area contributed by atoms with Crippen LogP contribution in [0.4, 0.5) is 0 Å². The average Bonchev–Trinajstić information content (AvgIpc) is 3.69. The fourth-order valence-corrected chi connectivity index (χ4v) is 6.80. The summed E-state index contributed by atoms with van der Waals surface area (Å²) in [7, 11) is 0. The minimum Gasteiger partial charge on any atom is -0.456 e. The number of aromatic nitrogens is 1. The van der Waals surface area contributed by atoms with E-state index < -0.39 is 5.41 Å². The summed E-state index contributed by atoms with van der Waals surface area (Å²) < 4.78 is 12.9. The van der Waals surface area contributed by atoms with Gasteiger partial charge in [-0.3, -0.25) is 0 Å². The van der Waals surface area contributed by atoms with Crippen molar-refractivity contribution in [3.63, 3.8) is 0 Å². The second kappa shape index (κ2) is 6.65. The van der Waals surface area contributed by atoms with Crippen LogP contribution >= 0.6 is 0 Å². The number of furan rings is 1. The quantitative estimate of drug-likeness (QED) is 0.240. The molecule has 2 aliphatic rings. The lowest BCUT2D eigenvalue weighted by molar-refractivity contribution is 0.620. The number of fused-ring (bicyclic) bond motifs is 13. The normalized spacial score (nSPS) is 16.8. The Labute approximate surface area is 212 Å². The molecule has 1 atom stereocenters. The highest BCUT2D eigenvalue weighted by molar-refractivity contribution is 6.04.